The summed E-state index contributed by atoms with van der Waals surface area (Å²) in [5.74, 6) is 0.0241. The number of aromatic amines is 1. The summed E-state index contributed by atoms with van der Waals surface area (Å²) in [4.78, 5) is 18.0. The van der Waals surface area contributed by atoms with Crippen molar-refractivity contribution in [2.45, 2.75) is 26.7 Å². The van der Waals surface area contributed by atoms with E-state index in [0.717, 1.165) is 36.0 Å². The number of fused-ring (bicyclic) bond motifs is 1. The van der Waals surface area contributed by atoms with Gasteiger partial charge in [0.1, 0.15) is 0 Å². The molecule has 4 nitrogen and oxygen atoms in total. The van der Waals surface area contributed by atoms with Gasteiger partial charge in [0.25, 0.3) is 5.91 Å². The predicted octanol–water partition coefficient (Wildman–Crippen LogP) is 2.47. The lowest BCUT2D eigenvalue weighted by Crippen LogP contribution is -2.42. The minimum Gasteiger partial charge on any atom is -0.358 e. The molecule has 0 unspecified atom stereocenters. The Kier molecular flexibility index (Phi) is 3.97. The second kappa shape index (κ2) is 5.90. The molecule has 3 rings (SSSR count). The highest BCUT2D eigenvalue weighted by molar-refractivity contribution is 5.99. The first-order chi connectivity index (χ1) is 10.2. The fourth-order valence-corrected chi connectivity index (χ4v) is 2.91. The average molecular weight is 285 g/mol. The Labute approximate surface area is 125 Å². The molecule has 21 heavy (non-hydrogen) atoms. The van der Waals surface area contributed by atoms with Crippen molar-refractivity contribution in [2.24, 2.45) is 0 Å². The molecule has 0 saturated carbocycles. The Morgan fingerprint density at radius 1 is 1.38 bits per heavy atom. The van der Waals surface area contributed by atoms with E-state index >= 15 is 0 Å². The summed E-state index contributed by atoms with van der Waals surface area (Å²) in [7, 11) is 0. The van der Waals surface area contributed by atoms with E-state index in [-0.39, 0.29) is 5.91 Å². The maximum Gasteiger partial charge on any atom is 0.251 e. The summed E-state index contributed by atoms with van der Waals surface area (Å²) in [5.41, 5.74) is 4.36. The summed E-state index contributed by atoms with van der Waals surface area (Å²) >= 11 is 0. The summed E-state index contributed by atoms with van der Waals surface area (Å²) in [6, 6.07) is 5.90. The third-order valence-corrected chi connectivity index (χ3v) is 4.44. The van der Waals surface area contributed by atoms with Gasteiger partial charge in [-0.2, -0.15) is 0 Å². The highest BCUT2D eigenvalue weighted by Gasteiger charge is 2.14. The van der Waals surface area contributed by atoms with Crippen LogP contribution >= 0.6 is 0 Å². The van der Waals surface area contributed by atoms with Crippen LogP contribution < -0.4 is 5.32 Å². The van der Waals surface area contributed by atoms with Crippen LogP contribution in [0.5, 0.6) is 0 Å². The number of hydrogen-bond acceptors (Lipinski definition) is 2. The van der Waals surface area contributed by atoms with Gasteiger partial charge < -0.3 is 15.2 Å². The number of aryl methyl sites for hydroxylation is 2. The molecule has 4 heteroatoms. The van der Waals surface area contributed by atoms with Crippen LogP contribution in [0.15, 0.2) is 18.2 Å². The van der Waals surface area contributed by atoms with Gasteiger partial charge in [-0.15, -0.1) is 0 Å². The minimum absolute atomic E-state index is 0.0241. The van der Waals surface area contributed by atoms with Gasteiger partial charge in [-0.3, -0.25) is 4.79 Å². The highest BCUT2D eigenvalue weighted by atomic mass is 16.1. The molecule has 1 aromatic carbocycles. The smallest absolute Gasteiger partial charge is 0.251 e. The molecule has 1 aliphatic rings. The van der Waals surface area contributed by atoms with E-state index in [9.17, 15) is 4.79 Å². The summed E-state index contributed by atoms with van der Waals surface area (Å²) in [6.45, 7) is 8.28. The number of rotatable bonds is 5. The topological polar surface area (TPSA) is 48.1 Å². The van der Waals surface area contributed by atoms with Crippen molar-refractivity contribution in [1.82, 2.24) is 15.2 Å². The van der Waals surface area contributed by atoms with Crippen molar-refractivity contribution in [2.75, 3.05) is 26.2 Å². The number of carbonyl (C=O) groups is 1. The van der Waals surface area contributed by atoms with E-state index in [0.29, 0.717) is 0 Å². The van der Waals surface area contributed by atoms with Crippen LogP contribution in [-0.2, 0) is 6.42 Å². The Bertz CT molecular complexity index is 655. The largest absolute Gasteiger partial charge is 0.358 e. The van der Waals surface area contributed by atoms with Gasteiger partial charge in [-0.05, 0) is 56.6 Å². The number of carbonyl (C=O) groups excluding carboxylic acids is 1. The second-order valence-corrected chi connectivity index (χ2v) is 5.79. The predicted molar refractivity (Wildman–Crippen MR) is 85.8 cm³/mol. The molecule has 1 aromatic heterocycles. The second-order valence-electron chi connectivity index (χ2n) is 5.79. The maximum atomic E-state index is 12.2. The van der Waals surface area contributed by atoms with Crippen molar-refractivity contribution in [3.8, 4) is 0 Å². The molecule has 0 atom stereocenters. The molecule has 1 aliphatic heterocycles. The summed E-state index contributed by atoms with van der Waals surface area (Å²) in [6.07, 6.45) is 2.27. The van der Waals surface area contributed by atoms with Crippen molar-refractivity contribution < 1.29 is 4.79 Å². The lowest BCUT2D eigenvalue weighted by atomic mass is 10.1. The van der Waals surface area contributed by atoms with Crippen LogP contribution in [0.2, 0.25) is 0 Å². The quantitative estimate of drug-likeness (QED) is 0.886. The van der Waals surface area contributed by atoms with Gasteiger partial charge in [-0.25, -0.2) is 0 Å². The molecule has 2 heterocycles. The first kappa shape index (κ1) is 14.1. The number of hydrogen-bond donors (Lipinski definition) is 2. The molecule has 2 aromatic rings. The number of H-pyrrole nitrogens is 1. The van der Waals surface area contributed by atoms with Crippen LogP contribution in [-0.4, -0.2) is 42.0 Å². The van der Waals surface area contributed by atoms with Crippen LogP contribution in [0.1, 0.15) is 35.0 Å². The maximum absolute atomic E-state index is 12.2. The Hall–Kier alpha value is -1.81. The SMILES string of the molecule is CCc1[nH]c2ccc(C(=O)NCCN3CCC3)cc2c1C. The molecule has 112 valence electrons. The zero-order valence-corrected chi connectivity index (χ0v) is 12.8. The molecular weight excluding hydrogens is 262 g/mol. The van der Waals surface area contributed by atoms with E-state index in [1.54, 1.807) is 0 Å². The molecule has 1 saturated heterocycles. The van der Waals surface area contributed by atoms with E-state index in [1.807, 2.05) is 18.2 Å². The third-order valence-electron chi connectivity index (χ3n) is 4.44. The number of benzene rings is 1. The van der Waals surface area contributed by atoms with E-state index in [2.05, 4.69) is 29.0 Å². The zero-order chi connectivity index (χ0) is 14.8. The van der Waals surface area contributed by atoms with Crippen LogP contribution in [0.3, 0.4) is 0 Å². The van der Waals surface area contributed by atoms with Crippen LogP contribution in [0.25, 0.3) is 10.9 Å². The number of likely N-dealkylation sites (tertiary alicyclic amines) is 1. The van der Waals surface area contributed by atoms with Crippen LogP contribution in [0.4, 0.5) is 0 Å². The lowest BCUT2D eigenvalue weighted by molar-refractivity contribution is 0.0941. The fraction of sp³-hybridized carbons (Fsp3) is 0.471. The lowest BCUT2D eigenvalue weighted by Gasteiger charge is -2.30. The summed E-state index contributed by atoms with van der Waals surface area (Å²) in [5, 5.41) is 4.17. The van der Waals surface area contributed by atoms with Crippen molar-refractivity contribution in [3.63, 3.8) is 0 Å². The normalized spacial score (nSPS) is 15.1. The van der Waals surface area contributed by atoms with Gasteiger partial charge >= 0.3 is 0 Å². The molecule has 0 bridgehead atoms. The van der Waals surface area contributed by atoms with E-state index in [4.69, 9.17) is 0 Å². The Morgan fingerprint density at radius 2 is 2.19 bits per heavy atom. The zero-order valence-electron chi connectivity index (χ0n) is 12.8. The highest BCUT2D eigenvalue weighted by Crippen LogP contribution is 2.23. The van der Waals surface area contributed by atoms with Crippen LogP contribution in [0, 0.1) is 6.92 Å². The van der Waals surface area contributed by atoms with Gasteiger partial charge in [-0.1, -0.05) is 6.92 Å². The van der Waals surface area contributed by atoms with Gasteiger partial charge in [0.15, 0.2) is 0 Å². The number of amides is 1. The van der Waals surface area contributed by atoms with Crippen molar-refractivity contribution in [3.05, 3.63) is 35.0 Å². The standard InChI is InChI=1S/C17H23N3O/c1-3-15-12(2)14-11-13(5-6-16(14)19-15)17(21)18-7-10-20-8-4-9-20/h5-6,11,19H,3-4,7-10H2,1-2H3,(H,18,21). The molecule has 2 N–H and O–H groups in total. The minimum atomic E-state index is 0.0241. The molecular formula is C17H23N3O. The molecule has 0 aliphatic carbocycles. The molecule has 1 fully saturated rings. The fourth-order valence-electron chi connectivity index (χ4n) is 2.91. The molecule has 0 spiro atoms. The average Bonchev–Trinajstić information content (AvgIpc) is 2.77. The van der Waals surface area contributed by atoms with E-state index < -0.39 is 0 Å². The molecule has 0 radical (unpaired) electrons. The Balaban J connectivity index is 1.70. The van der Waals surface area contributed by atoms with Gasteiger partial charge in [0, 0.05) is 35.2 Å². The van der Waals surface area contributed by atoms with Gasteiger partial charge in [0.2, 0.25) is 0 Å². The van der Waals surface area contributed by atoms with E-state index in [1.165, 1.54) is 30.8 Å². The number of nitrogens with one attached hydrogen (secondary N) is 2. The van der Waals surface area contributed by atoms with Crippen molar-refractivity contribution in [1.29, 1.82) is 0 Å². The van der Waals surface area contributed by atoms with Gasteiger partial charge in [0.05, 0.1) is 0 Å². The summed E-state index contributed by atoms with van der Waals surface area (Å²) < 4.78 is 0. The van der Waals surface area contributed by atoms with Crippen molar-refractivity contribution >= 4 is 16.8 Å². The number of aromatic nitrogens is 1. The molecule has 1 amide bonds. The monoisotopic (exact) mass is 285 g/mol. The Morgan fingerprint density at radius 3 is 2.86 bits per heavy atom. The third kappa shape index (κ3) is 2.81. The number of nitrogens with zero attached hydrogens (tertiary/aromatic N) is 1. The first-order valence-corrected chi connectivity index (χ1v) is 7.81. The first-order valence-electron chi connectivity index (χ1n) is 7.81.